The van der Waals surface area contributed by atoms with Crippen molar-refractivity contribution in [1.29, 1.82) is 0 Å². The third-order valence-corrected chi connectivity index (χ3v) is 5.56. The third-order valence-electron chi connectivity index (χ3n) is 5.02. The second-order valence-corrected chi connectivity index (χ2v) is 7.63. The SMILES string of the molecule is CSc1nc2nc(C)c(CC(=O)NC3CCCCCCC3)c(C)n2n1. The zero-order chi connectivity index (χ0) is 17.8. The number of nitrogens with zero attached hydrogens (tertiary/aromatic N) is 4. The Kier molecular flexibility index (Phi) is 5.93. The molecule has 136 valence electrons. The first-order valence-electron chi connectivity index (χ1n) is 9.14. The lowest BCUT2D eigenvalue weighted by atomic mass is 9.96. The van der Waals surface area contributed by atoms with Gasteiger partial charge in [0.15, 0.2) is 0 Å². The van der Waals surface area contributed by atoms with Crippen LogP contribution in [0.4, 0.5) is 0 Å². The van der Waals surface area contributed by atoms with E-state index in [0.717, 1.165) is 29.8 Å². The number of fused-ring (bicyclic) bond motifs is 1. The van der Waals surface area contributed by atoms with E-state index in [1.165, 1.54) is 43.9 Å². The summed E-state index contributed by atoms with van der Waals surface area (Å²) in [5.41, 5.74) is 2.76. The van der Waals surface area contributed by atoms with E-state index in [2.05, 4.69) is 20.4 Å². The standard InChI is InChI=1S/C18H27N5OS/c1-12-15(13(2)23-17(19-12)21-18(22-23)25-3)11-16(24)20-14-9-7-5-4-6-8-10-14/h14H,4-11H2,1-3H3,(H,20,24). The summed E-state index contributed by atoms with van der Waals surface area (Å²) in [7, 11) is 0. The first-order valence-corrected chi connectivity index (χ1v) is 10.4. The van der Waals surface area contributed by atoms with E-state index in [0.29, 0.717) is 23.4 Å². The maximum absolute atomic E-state index is 12.6. The first kappa shape index (κ1) is 18.2. The van der Waals surface area contributed by atoms with Crippen molar-refractivity contribution in [2.45, 2.75) is 76.4 Å². The van der Waals surface area contributed by atoms with Gasteiger partial charge in [-0.2, -0.15) is 4.98 Å². The van der Waals surface area contributed by atoms with Crippen molar-refractivity contribution in [2.75, 3.05) is 6.26 Å². The molecular weight excluding hydrogens is 334 g/mol. The molecule has 0 saturated heterocycles. The molecule has 0 bridgehead atoms. The minimum atomic E-state index is 0.0862. The number of rotatable bonds is 4. The number of aryl methyl sites for hydroxylation is 2. The number of amides is 1. The summed E-state index contributed by atoms with van der Waals surface area (Å²) in [5.74, 6) is 0.687. The Morgan fingerprint density at radius 1 is 1.16 bits per heavy atom. The van der Waals surface area contributed by atoms with Crippen LogP contribution in [0.1, 0.15) is 61.9 Å². The average molecular weight is 362 g/mol. The minimum Gasteiger partial charge on any atom is -0.353 e. The molecule has 7 heteroatoms. The van der Waals surface area contributed by atoms with Gasteiger partial charge in [-0.1, -0.05) is 43.9 Å². The zero-order valence-corrected chi connectivity index (χ0v) is 16.2. The predicted molar refractivity (Wildman–Crippen MR) is 100.0 cm³/mol. The van der Waals surface area contributed by atoms with E-state index in [1.54, 1.807) is 4.52 Å². The fourth-order valence-corrected chi connectivity index (χ4v) is 3.91. The molecule has 0 spiro atoms. The van der Waals surface area contributed by atoms with Crippen molar-refractivity contribution in [2.24, 2.45) is 0 Å². The van der Waals surface area contributed by atoms with Crippen molar-refractivity contribution in [1.82, 2.24) is 24.9 Å². The number of thioether (sulfide) groups is 1. The average Bonchev–Trinajstić information content (AvgIpc) is 2.97. The molecule has 0 unspecified atom stereocenters. The van der Waals surface area contributed by atoms with Gasteiger partial charge in [0.25, 0.3) is 5.78 Å². The topological polar surface area (TPSA) is 72.2 Å². The highest BCUT2D eigenvalue weighted by molar-refractivity contribution is 7.98. The fraction of sp³-hybridized carbons (Fsp3) is 0.667. The van der Waals surface area contributed by atoms with E-state index >= 15 is 0 Å². The normalized spacial score (nSPS) is 16.6. The lowest BCUT2D eigenvalue weighted by Crippen LogP contribution is -2.36. The van der Waals surface area contributed by atoms with Crippen molar-refractivity contribution in [3.8, 4) is 0 Å². The Bertz CT molecular complexity index is 749. The van der Waals surface area contributed by atoms with Crippen molar-refractivity contribution in [3.63, 3.8) is 0 Å². The number of aromatic nitrogens is 4. The molecule has 1 aliphatic rings. The quantitative estimate of drug-likeness (QED) is 0.847. The molecule has 0 radical (unpaired) electrons. The van der Waals surface area contributed by atoms with Gasteiger partial charge in [-0.05, 0) is 32.9 Å². The second kappa shape index (κ2) is 8.17. The van der Waals surface area contributed by atoms with Crippen LogP contribution in [0.5, 0.6) is 0 Å². The molecule has 0 aliphatic heterocycles. The summed E-state index contributed by atoms with van der Waals surface area (Å²) >= 11 is 1.49. The first-order chi connectivity index (χ1) is 12.1. The maximum atomic E-state index is 12.6. The molecule has 2 aromatic rings. The van der Waals surface area contributed by atoms with Gasteiger partial charge in [0, 0.05) is 23.0 Å². The van der Waals surface area contributed by atoms with E-state index < -0.39 is 0 Å². The molecule has 1 amide bonds. The monoisotopic (exact) mass is 361 g/mol. The van der Waals surface area contributed by atoms with Gasteiger partial charge in [-0.25, -0.2) is 9.50 Å². The Morgan fingerprint density at radius 2 is 1.84 bits per heavy atom. The zero-order valence-electron chi connectivity index (χ0n) is 15.3. The highest BCUT2D eigenvalue weighted by Gasteiger charge is 2.18. The van der Waals surface area contributed by atoms with Gasteiger partial charge >= 0.3 is 0 Å². The number of nitrogens with one attached hydrogen (secondary N) is 1. The van der Waals surface area contributed by atoms with Crippen LogP contribution in [0.3, 0.4) is 0 Å². The summed E-state index contributed by atoms with van der Waals surface area (Å²) < 4.78 is 1.75. The molecular formula is C18H27N5OS. The molecule has 1 aliphatic carbocycles. The number of hydrogen-bond acceptors (Lipinski definition) is 5. The van der Waals surface area contributed by atoms with Gasteiger partial charge in [0.2, 0.25) is 11.1 Å². The number of carbonyl (C=O) groups excluding carboxylic acids is 1. The lowest BCUT2D eigenvalue weighted by Gasteiger charge is -2.21. The minimum absolute atomic E-state index is 0.0862. The molecule has 3 rings (SSSR count). The largest absolute Gasteiger partial charge is 0.353 e. The fourth-order valence-electron chi connectivity index (χ4n) is 3.57. The van der Waals surface area contributed by atoms with E-state index in [1.807, 2.05) is 20.1 Å². The van der Waals surface area contributed by atoms with E-state index in [9.17, 15) is 4.79 Å². The predicted octanol–water partition coefficient (Wildman–Crippen LogP) is 3.23. The summed E-state index contributed by atoms with van der Waals surface area (Å²) in [5, 5.41) is 8.39. The van der Waals surface area contributed by atoms with Gasteiger partial charge in [-0.3, -0.25) is 4.79 Å². The number of carbonyl (C=O) groups is 1. The number of hydrogen-bond donors (Lipinski definition) is 1. The van der Waals surface area contributed by atoms with Crippen LogP contribution in [0.15, 0.2) is 5.16 Å². The van der Waals surface area contributed by atoms with E-state index in [4.69, 9.17) is 0 Å². The van der Waals surface area contributed by atoms with Crippen LogP contribution >= 0.6 is 11.8 Å². The van der Waals surface area contributed by atoms with Gasteiger partial charge < -0.3 is 5.32 Å². The van der Waals surface area contributed by atoms with Crippen molar-refractivity contribution in [3.05, 3.63) is 17.0 Å². The Hall–Kier alpha value is -1.63. The maximum Gasteiger partial charge on any atom is 0.253 e. The van der Waals surface area contributed by atoms with Crippen LogP contribution in [-0.2, 0) is 11.2 Å². The Labute approximate surface area is 153 Å². The summed E-state index contributed by atoms with van der Waals surface area (Å²) in [4.78, 5) is 21.5. The summed E-state index contributed by atoms with van der Waals surface area (Å²) in [6, 6.07) is 0.319. The van der Waals surface area contributed by atoms with Gasteiger partial charge in [0.1, 0.15) is 0 Å². The highest BCUT2D eigenvalue weighted by Crippen LogP contribution is 2.19. The molecule has 1 fully saturated rings. The van der Waals surface area contributed by atoms with Crippen molar-refractivity contribution >= 4 is 23.4 Å². The molecule has 2 heterocycles. The molecule has 1 N–H and O–H groups in total. The van der Waals surface area contributed by atoms with Crippen LogP contribution in [0, 0.1) is 13.8 Å². The lowest BCUT2D eigenvalue weighted by molar-refractivity contribution is -0.121. The molecule has 0 atom stereocenters. The molecule has 25 heavy (non-hydrogen) atoms. The van der Waals surface area contributed by atoms with E-state index in [-0.39, 0.29) is 5.91 Å². The summed E-state index contributed by atoms with van der Waals surface area (Å²) in [6.07, 6.45) is 10.8. The smallest absolute Gasteiger partial charge is 0.253 e. The van der Waals surface area contributed by atoms with Crippen LogP contribution < -0.4 is 5.32 Å². The second-order valence-electron chi connectivity index (χ2n) is 6.86. The molecule has 1 saturated carbocycles. The Morgan fingerprint density at radius 3 is 2.52 bits per heavy atom. The highest BCUT2D eigenvalue weighted by atomic mass is 32.2. The van der Waals surface area contributed by atoms with Crippen LogP contribution in [-0.4, -0.2) is 37.8 Å². The Balaban J connectivity index is 1.73. The van der Waals surface area contributed by atoms with Crippen molar-refractivity contribution < 1.29 is 4.79 Å². The third kappa shape index (κ3) is 4.32. The van der Waals surface area contributed by atoms with Gasteiger partial charge in [-0.15, -0.1) is 5.10 Å². The summed E-state index contributed by atoms with van der Waals surface area (Å²) in [6.45, 7) is 3.93. The van der Waals surface area contributed by atoms with Crippen LogP contribution in [0.2, 0.25) is 0 Å². The van der Waals surface area contributed by atoms with Gasteiger partial charge in [0.05, 0.1) is 6.42 Å². The molecule has 2 aromatic heterocycles. The van der Waals surface area contributed by atoms with Crippen LogP contribution in [0.25, 0.3) is 5.78 Å². The molecule has 0 aromatic carbocycles. The molecule has 6 nitrogen and oxygen atoms in total.